The van der Waals surface area contributed by atoms with Gasteiger partial charge in [-0.15, -0.1) is 0 Å². The average molecular weight is 335 g/mol. The van der Waals surface area contributed by atoms with Crippen molar-refractivity contribution in [3.8, 4) is 0 Å². The number of hydrogen-bond donors (Lipinski definition) is 1. The summed E-state index contributed by atoms with van der Waals surface area (Å²) in [5, 5.41) is 8.89. The highest BCUT2D eigenvalue weighted by atomic mass is 16.6. The van der Waals surface area contributed by atoms with Crippen LogP contribution in [0.1, 0.15) is 59.1 Å². The predicted molar refractivity (Wildman–Crippen MR) is 94.0 cm³/mol. The zero-order valence-corrected chi connectivity index (χ0v) is 15.5. The van der Waals surface area contributed by atoms with Crippen LogP contribution in [-0.4, -0.2) is 34.2 Å². The van der Waals surface area contributed by atoms with Gasteiger partial charge in [0, 0.05) is 13.1 Å². The van der Waals surface area contributed by atoms with Crippen molar-refractivity contribution < 1.29 is 19.4 Å². The summed E-state index contributed by atoms with van der Waals surface area (Å²) in [5.41, 5.74) is 1.60. The molecule has 0 aliphatic heterocycles. The van der Waals surface area contributed by atoms with Crippen LogP contribution < -0.4 is 0 Å². The van der Waals surface area contributed by atoms with Crippen LogP contribution in [-0.2, 0) is 21.5 Å². The molecular formula is C19H29NO4. The van der Waals surface area contributed by atoms with E-state index in [4.69, 9.17) is 9.84 Å². The SMILES string of the molecule is CC(C)(C)OC(=O)N(CCC(=O)O)Cc1ccc(C(C)(C)C)cc1. The van der Waals surface area contributed by atoms with E-state index in [2.05, 4.69) is 20.8 Å². The van der Waals surface area contributed by atoms with E-state index >= 15 is 0 Å². The molecule has 1 aromatic rings. The van der Waals surface area contributed by atoms with Crippen LogP contribution in [0.25, 0.3) is 0 Å². The van der Waals surface area contributed by atoms with Crippen molar-refractivity contribution in [3.05, 3.63) is 35.4 Å². The van der Waals surface area contributed by atoms with Crippen LogP contribution in [0.2, 0.25) is 0 Å². The van der Waals surface area contributed by atoms with E-state index in [-0.39, 0.29) is 18.4 Å². The predicted octanol–water partition coefficient (Wildman–Crippen LogP) is 4.20. The third kappa shape index (κ3) is 7.02. The molecule has 0 aliphatic rings. The van der Waals surface area contributed by atoms with Gasteiger partial charge < -0.3 is 14.7 Å². The fourth-order valence-corrected chi connectivity index (χ4v) is 2.12. The quantitative estimate of drug-likeness (QED) is 0.876. The van der Waals surface area contributed by atoms with Gasteiger partial charge >= 0.3 is 12.1 Å². The van der Waals surface area contributed by atoms with Gasteiger partial charge in [-0.1, -0.05) is 45.0 Å². The first-order valence-electron chi connectivity index (χ1n) is 8.17. The molecule has 5 heteroatoms. The topological polar surface area (TPSA) is 66.8 Å². The van der Waals surface area contributed by atoms with E-state index in [1.54, 1.807) is 20.8 Å². The Hall–Kier alpha value is -2.04. The van der Waals surface area contributed by atoms with Gasteiger partial charge in [-0.3, -0.25) is 4.79 Å². The van der Waals surface area contributed by atoms with Crippen molar-refractivity contribution in [2.75, 3.05) is 6.54 Å². The first kappa shape index (κ1) is 20.0. The molecule has 0 aromatic heterocycles. The lowest BCUT2D eigenvalue weighted by atomic mass is 9.87. The van der Waals surface area contributed by atoms with Crippen molar-refractivity contribution in [1.82, 2.24) is 4.90 Å². The fourth-order valence-electron chi connectivity index (χ4n) is 2.12. The molecule has 0 radical (unpaired) electrons. The van der Waals surface area contributed by atoms with Crippen molar-refractivity contribution in [2.24, 2.45) is 0 Å². The van der Waals surface area contributed by atoms with Gasteiger partial charge in [0.05, 0.1) is 6.42 Å². The monoisotopic (exact) mass is 335 g/mol. The number of carbonyl (C=O) groups is 2. The van der Waals surface area contributed by atoms with Crippen LogP contribution in [0.15, 0.2) is 24.3 Å². The maximum atomic E-state index is 12.3. The third-order valence-corrected chi connectivity index (χ3v) is 3.44. The molecule has 1 rings (SSSR count). The number of benzene rings is 1. The molecule has 0 spiro atoms. The van der Waals surface area contributed by atoms with Crippen LogP contribution in [0.5, 0.6) is 0 Å². The Bertz CT molecular complexity index is 565. The van der Waals surface area contributed by atoms with Gasteiger partial charge in [-0.05, 0) is 37.3 Å². The molecule has 1 N–H and O–H groups in total. The molecule has 0 fully saturated rings. The molecule has 0 unspecified atom stereocenters. The van der Waals surface area contributed by atoms with E-state index in [0.29, 0.717) is 6.54 Å². The lowest BCUT2D eigenvalue weighted by molar-refractivity contribution is -0.137. The molecule has 0 bridgehead atoms. The van der Waals surface area contributed by atoms with E-state index in [0.717, 1.165) is 5.56 Å². The summed E-state index contributed by atoms with van der Waals surface area (Å²) >= 11 is 0. The molecule has 1 aromatic carbocycles. The van der Waals surface area contributed by atoms with Gasteiger partial charge in [0.2, 0.25) is 0 Å². The van der Waals surface area contributed by atoms with Gasteiger partial charge in [-0.2, -0.15) is 0 Å². The number of ether oxygens (including phenoxy) is 1. The lowest BCUT2D eigenvalue weighted by Gasteiger charge is -2.27. The van der Waals surface area contributed by atoms with Gasteiger partial charge in [0.15, 0.2) is 0 Å². The minimum absolute atomic E-state index is 0.0622. The Morgan fingerprint density at radius 1 is 1.04 bits per heavy atom. The summed E-state index contributed by atoms with van der Waals surface area (Å²) in [5.74, 6) is -0.938. The van der Waals surface area contributed by atoms with Crippen LogP contribution >= 0.6 is 0 Å². The number of hydrogen-bond acceptors (Lipinski definition) is 3. The Morgan fingerprint density at radius 2 is 1.58 bits per heavy atom. The lowest BCUT2D eigenvalue weighted by Crippen LogP contribution is -2.37. The molecule has 24 heavy (non-hydrogen) atoms. The highest BCUT2D eigenvalue weighted by molar-refractivity contribution is 5.71. The first-order chi connectivity index (χ1) is 10.9. The van der Waals surface area contributed by atoms with Gasteiger partial charge in [-0.25, -0.2) is 4.79 Å². The Morgan fingerprint density at radius 3 is 2.00 bits per heavy atom. The minimum Gasteiger partial charge on any atom is -0.481 e. The Kier molecular flexibility index (Phi) is 6.41. The largest absolute Gasteiger partial charge is 0.481 e. The summed E-state index contributed by atoms with van der Waals surface area (Å²) in [6, 6.07) is 8.02. The van der Waals surface area contributed by atoms with Crippen LogP contribution in [0, 0.1) is 0 Å². The van der Waals surface area contributed by atoms with Crippen molar-refractivity contribution in [1.29, 1.82) is 0 Å². The molecule has 0 heterocycles. The molecule has 1 amide bonds. The summed E-state index contributed by atoms with van der Waals surface area (Å²) in [6.45, 7) is 12.2. The molecule has 0 saturated heterocycles. The molecule has 0 atom stereocenters. The molecule has 0 aliphatic carbocycles. The highest BCUT2D eigenvalue weighted by Crippen LogP contribution is 2.23. The fraction of sp³-hybridized carbons (Fsp3) is 0.579. The van der Waals surface area contributed by atoms with Gasteiger partial charge in [0.1, 0.15) is 5.60 Å². The summed E-state index contributed by atoms with van der Waals surface area (Å²) in [7, 11) is 0. The van der Waals surface area contributed by atoms with Crippen LogP contribution in [0.4, 0.5) is 4.79 Å². The van der Waals surface area contributed by atoms with E-state index < -0.39 is 17.7 Å². The highest BCUT2D eigenvalue weighted by Gasteiger charge is 2.23. The third-order valence-electron chi connectivity index (χ3n) is 3.44. The molecule has 134 valence electrons. The van der Waals surface area contributed by atoms with Gasteiger partial charge in [0.25, 0.3) is 0 Å². The maximum Gasteiger partial charge on any atom is 0.410 e. The number of carboxylic acids is 1. The number of carbonyl (C=O) groups excluding carboxylic acids is 1. The number of carboxylic acid groups (broad SMARTS) is 1. The van der Waals surface area contributed by atoms with E-state index in [1.807, 2.05) is 24.3 Å². The first-order valence-corrected chi connectivity index (χ1v) is 8.17. The molecular weight excluding hydrogens is 306 g/mol. The summed E-state index contributed by atoms with van der Waals surface area (Å²) in [4.78, 5) is 24.6. The Balaban J connectivity index is 2.87. The number of aliphatic carboxylic acids is 1. The minimum atomic E-state index is -0.938. The van der Waals surface area contributed by atoms with Crippen molar-refractivity contribution in [3.63, 3.8) is 0 Å². The van der Waals surface area contributed by atoms with E-state index in [9.17, 15) is 9.59 Å². The number of nitrogens with zero attached hydrogens (tertiary/aromatic N) is 1. The molecule has 5 nitrogen and oxygen atoms in total. The zero-order chi connectivity index (χ0) is 18.5. The summed E-state index contributed by atoms with van der Waals surface area (Å²) < 4.78 is 5.38. The maximum absolute atomic E-state index is 12.3. The van der Waals surface area contributed by atoms with Crippen molar-refractivity contribution >= 4 is 12.1 Å². The number of rotatable bonds is 5. The van der Waals surface area contributed by atoms with Crippen molar-refractivity contribution in [2.45, 2.75) is 65.5 Å². The average Bonchev–Trinajstić information content (AvgIpc) is 2.40. The second-order valence-corrected chi connectivity index (χ2v) is 7.99. The molecule has 0 saturated carbocycles. The standard InChI is InChI=1S/C19H29NO4/c1-18(2,3)15-9-7-14(8-10-15)13-20(12-11-16(21)22)17(23)24-19(4,5)6/h7-10H,11-13H2,1-6H3,(H,21,22). The smallest absolute Gasteiger partial charge is 0.410 e. The second-order valence-electron chi connectivity index (χ2n) is 7.99. The zero-order valence-electron chi connectivity index (χ0n) is 15.5. The van der Waals surface area contributed by atoms with E-state index in [1.165, 1.54) is 10.5 Å². The summed E-state index contributed by atoms with van der Waals surface area (Å²) in [6.07, 6.45) is -0.608. The Labute approximate surface area is 144 Å². The second kappa shape index (κ2) is 7.69. The normalized spacial score (nSPS) is 11.9. The van der Waals surface area contributed by atoms with Crippen LogP contribution in [0.3, 0.4) is 0 Å². The number of amides is 1.